The van der Waals surface area contributed by atoms with Crippen molar-refractivity contribution in [3.05, 3.63) is 53.9 Å². The minimum Gasteiger partial charge on any atom is -0.379 e. The summed E-state index contributed by atoms with van der Waals surface area (Å²) in [6, 6.07) is 13.5. The molecule has 33 heavy (non-hydrogen) atoms. The molecule has 2 aromatic heterocycles. The van der Waals surface area contributed by atoms with E-state index < -0.39 is 0 Å². The van der Waals surface area contributed by atoms with Gasteiger partial charge in [0.25, 0.3) is 5.91 Å². The normalized spacial score (nSPS) is 17.5. The van der Waals surface area contributed by atoms with Crippen LogP contribution < -0.4 is 0 Å². The Morgan fingerprint density at radius 2 is 1.61 bits per heavy atom. The summed E-state index contributed by atoms with van der Waals surface area (Å²) in [5.74, 6) is 0.00132. The molecule has 2 aliphatic rings. The number of rotatable bonds is 4. The van der Waals surface area contributed by atoms with Crippen molar-refractivity contribution in [1.82, 2.24) is 29.5 Å². The van der Waals surface area contributed by atoms with E-state index in [1.807, 2.05) is 48.2 Å². The Kier molecular flexibility index (Phi) is 6.06. The molecule has 0 unspecified atom stereocenters. The van der Waals surface area contributed by atoms with E-state index in [2.05, 4.69) is 15.0 Å². The molecule has 2 fully saturated rings. The number of amides is 2. The van der Waals surface area contributed by atoms with Gasteiger partial charge in [0.05, 0.1) is 31.1 Å². The van der Waals surface area contributed by atoms with Crippen LogP contribution in [0.1, 0.15) is 16.2 Å². The van der Waals surface area contributed by atoms with Crippen LogP contribution in [0.15, 0.2) is 42.5 Å². The molecule has 172 valence electrons. The number of aryl methyl sites for hydroxylation is 1. The molecule has 5 rings (SSSR count). The van der Waals surface area contributed by atoms with Crippen LogP contribution in [0.2, 0.25) is 0 Å². The molecule has 0 saturated carbocycles. The zero-order valence-corrected chi connectivity index (χ0v) is 18.8. The summed E-state index contributed by atoms with van der Waals surface area (Å²) in [5, 5.41) is 5.55. The second-order valence-corrected chi connectivity index (χ2v) is 8.46. The molecule has 9 heteroatoms. The number of para-hydroxylation sites is 1. The molecule has 9 nitrogen and oxygen atoms in total. The van der Waals surface area contributed by atoms with Crippen molar-refractivity contribution in [3.63, 3.8) is 0 Å². The van der Waals surface area contributed by atoms with Crippen molar-refractivity contribution < 1.29 is 14.3 Å². The van der Waals surface area contributed by atoms with Crippen molar-refractivity contribution in [3.8, 4) is 5.69 Å². The van der Waals surface area contributed by atoms with Crippen molar-refractivity contribution >= 4 is 22.8 Å². The maximum atomic E-state index is 13.2. The first-order valence-electron chi connectivity index (χ1n) is 11.4. The molecule has 1 aromatic carbocycles. The monoisotopic (exact) mass is 448 g/mol. The van der Waals surface area contributed by atoms with Gasteiger partial charge in [0, 0.05) is 44.7 Å². The molecule has 0 radical (unpaired) electrons. The highest BCUT2D eigenvalue weighted by molar-refractivity contribution is 5.95. The topological polar surface area (TPSA) is 83.8 Å². The van der Waals surface area contributed by atoms with Gasteiger partial charge in [-0.2, -0.15) is 5.10 Å². The molecule has 0 spiro atoms. The van der Waals surface area contributed by atoms with Gasteiger partial charge in [0.15, 0.2) is 5.65 Å². The lowest BCUT2D eigenvalue weighted by Crippen LogP contribution is -2.53. The number of ether oxygens (including phenoxy) is 1. The lowest BCUT2D eigenvalue weighted by molar-refractivity contribution is -0.134. The third-order valence-corrected chi connectivity index (χ3v) is 6.32. The number of morpholine rings is 1. The minimum absolute atomic E-state index is 0.115. The average molecular weight is 449 g/mol. The highest BCUT2D eigenvalue weighted by atomic mass is 16.5. The lowest BCUT2D eigenvalue weighted by Gasteiger charge is -2.36. The van der Waals surface area contributed by atoms with Crippen LogP contribution in [-0.2, 0) is 9.53 Å². The second-order valence-electron chi connectivity index (χ2n) is 8.46. The largest absolute Gasteiger partial charge is 0.379 e. The van der Waals surface area contributed by atoms with E-state index in [-0.39, 0.29) is 11.8 Å². The van der Waals surface area contributed by atoms with Gasteiger partial charge in [-0.15, -0.1) is 0 Å². The van der Waals surface area contributed by atoms with Crippen LogP contribution in [0, 0.1) is 6.92 Å². The highest BCUT2D eigenvalue weighted by Crippen LogP contribution is 2.21. The average Bonchev–Trinajstić information content (AvgIpc) is 3.20. The van der Waals surface area contributed by atoms with Crippen LogP contribution in [0.4, 0.5) is 0 Å². The lowest BCUT2D eigenvalue weighted by atomic mass is 10.2. The fraction of sp³-hybridized carbons (Fsp3) is 0.417. The number of aromatic nitrogens is 3. The summed E-state index contributed by atoms with van der Waals surface area (Å²) >= 11 is 0. The van der Waals surface area contributed by atoms with Gasteiger partial charge in [0.1, 0.15) is 5.69 Å². The smallest absolute Gasteiger partial charge is 0.272 e. The van der Waals surface area contributed by atoms with E-state index >= 15 is 0 Å². The molecule has 0 N–H and O–H groups in total. The third-order valence-electron chi connectivity index (χ3n) is 6.32. The Morgan fingerprint density at radius 1 is 0.909 bits per heavy atom. The van der Waals surface area contributed by atoms with Crippen molar-refractivity contribution in [2.45, 2.75) is 6.92 Å². The molecule has 0 bridgehead atoms. The summed E-state index contributed by atoms with van der Waals surface area (Å²) in [4.78, 5) is 36.3. The number of pyridine rings is 1. The number of fused-ring (bicyclic) bond motifs is 1. The van der Waals surface area contributed by atoms with E-state index in [0.29, 0.717) is 57.3 Å². The van der Waals surface area contributed by atoms with Crippen LogP contribution in [-0.4, -0.2) is 100 Å². The SMILES string of the molecule is Cc1nn(-c2ccccc2)c2nc(C(=O)N3CCN(C(=O)CN4CCOCC4)CC3)ccc12. The predicted octanol–water partition coefficient (Wildman–Crippen LogP) is 1.35. The number of carbonyl (C=O) groups excluding carboxylic acids is 2. The number of benzene rings is 1. The van der Waals surface area contributed by atoms with Gasteiger partial charge in [-0.25, -0.2) is 9.67 Å². The van der Waals surface area contributed by atoms with Crippen LogP contribution in [0.3, 0.4) is 0 Å². The fourth-order valence-corrected chi connectivity index (χ4v) is 4.38. The highest BCUT2D eigenvalue weighted by Gasteiger charge is 2.27. The Bertz CT molecular complexity index is 1150. The Labute approximate surface area is 192 Å². The first kappa shape index (κ1) is 21.5. The number of hydrogen-bond acceptors (Lipinski definition) is 6. The van der Waals surface area contributed by atoms with E-state index in [4.69, 9.17) is 4.74 Å². The van der Waals surface area contributed by atoms with Crippen LogP contribution >= 0.6 is 0 Å². The van der Waals surface area contributed by atoms with Crippen molar-refractivity contribution in [2.75, 3.05) is 59.0 Å². The number of piperazine rings is 1. The number of nitrogens with zero attached hydrogens (tertiary/aromatic N) is 6. The molecule has 3 aromatic rings. The molecular formula is C24H28N6O3. The minimum atomic E-state index is -0.115. The van der Waals surface area contributed by atoms with Gasteiger partial charge in [-0.3, -0.25) is 14.5 Å². The summed E-state index contributed by atoms with van der Waals surface area (Å²) in [6.07, 6.45) is 0. The quantitative estimate of drug-likeness (QED) is 0.599. The van der Waals surface area contributed by atoms with Gasteiger partial charge in [-0.05, 0) is 31.2 Å². The maximum Gasteiger partial charge on any atom is 0.272 e. The first-order valence-corrected chi connectivity index (χ1v) is 11.4. The van der Waals surface area contributed by atoms with Gasteiger partial charge < -0.3 is 14.5 Å². The van der Waals surface area contributed by atoms with E-state index in [1.165, 1.54) is 0 Å². The van der Waals surface area contributed by atoms with E-state index in [0.717, 1.165) is 29.9 Å². The molecule has 0 atom stereocenters. The summed E-state index contributed by atoms with van der Waals surface area (Å²) < 4.78 is 7.13. The fourth-order valence-electron chi connectivity index (χ4n) is 4.38. The van der Waals surface area contributed by atoms with Gasteiger partial charge in [-0.1, -0.05) is 18.2 Å². The van der Waals surface area contributed by atoms with Crippen molar-refractivity contribution in [2.24, 2.45) is 0 Å². The first-order chi connectivity index (χ1) is 16.1. The zero-order valence-electron chi connectivity index (χ0n) is 18.8. The Balaban J connectivity index is 1.27. The second kappa shape index (κ2) is 9.29. The maximum absolute atomic E-state index is 13.2. The van der Waals surface area contributed by atoms with Gasteiger partial charge in [0.2, 0.25) is 5.91 Å². The standard InChI is InChI=1S/C24H28N6O3/c1-18-20-7-8-21(25-23(20)30(26-18)19-5-3-2-4-6-19)24(32)29-11-9-28(10-12-29)22(31)17-27-13-15-33-16-14-27/h2-8H,9-17H2,1H3. The van der Waals surface area contributed by atoms with Crippen LogP contribution in [0.5, 0.6) is 0 Å². The summed E-state index contributed by atoms with van der Waals surface area (Å²) in [5.41, 5.74) is 2.84. The summed E-state index contributed by atoms with van der Waals surface area (Å²) in [7, 11) is 0. The number of hydrogen-bond donors (Lipinski definition) is 0. The molecule has 2 amide bonds. The van der Waals surface area contributed by atoms with Crippen LogP contribution in [0.25, 0.3) is 16.7 Å². The molecule has 4 heterocycles. The van der Waals surface area contributed by atoms with Crippen molar-refractivity contribution in [1.29, 1.82) is 0 Å². The van der Waals surface area contributed by atoms with E-state index in [1.54, 1.807) is 15.6 Å². The third kappa shape index (κ3) is 4.46. The Hall–Kier alpha value is -3.30. The number of carbonyl (C=O) groups is 2. The van der Waals surface area contributed by atoms with Gasteiger partial charge >= 0.3 is 0 Å². The Morgan fingerprint density at radius 3 is 2.33 bits per heavy atom. The molecular weight excluding hydrogens is 420 g/mol. The molecule has 0 aliphatic carbocycles. The molecule has 2 aliphatic heterocycles. The molecule has 2 saturated heterocycles. The predicted molar refractivity (Wildman–Crippen MR) is 123 cm³/mol. The van der Waals surface area contributed by atoms with E-state index in [9.17, 15) is 9.59 Å². The summed E-state index contributed by atoms with van der Waals surface area (Å²) in [6.45, 7) is 7.38. The zero-order chi connectivity index (χ0) is 22.8.